The van der Waals surface area contributed by atoms with Crippen LogP contribution in [0.1, 0.15) is 43.8 Å². The minimum absolute atomic E-state index is 0.0753. The van der Waals surface area contributed by atoms with Gasteiger partial charge in [0.05, 0.1) is 0 Å². The summed E-state index contributed by atoms with van der Waals surface area (Å²) in [6, 6.07) is 14.6. The second-order valence-electron chi connectivity index (χ2n) is 8.04. The molecular weight excluding hydrogens is 428 g/mol. The van der Waals surface area contributed by atoms with Gasteiger partial charge in [-0.1, -0.05) is 42.5 Å². The number of nitrogens with one attached hydrogen (secondary N) is 2. The molecule has 3 heterocycles. The monoisotopic (exact) mass is 450 g/mol. The lowest BCUT2D eigenvalue weighted by atomic mass is 10.0. The molecule has 2 aromatic heterocycles. The molecule has 4 aromatic rings. The molecule has 0 bridgehead atoms. The number of anilines is 2. The Hall–Kier alpha value is -4.59. The fourth-order valence-corrected chi connectivity index (χ4v) is 3.90. The lowest BCUT2D eigenvalue weighted by Gasteiger charge is -2.12. The zero-order chi connectivity index (χ0) is 23.7. The first-order valence-corrected chi connectivity index (χ1v) is 10.8. The standard InChI is InChI=1S/C26H22N6O2/c1-16-10-11-19(26(34)31-22-9-6-12-27-22)13-21(16)30-25-23-17(2)20(14-32(23)29-15-28-25)24(33)18-7-4-3-5-8-18/h3-8,10-15H,9H2,1-2H3,(H,27,31,34)(H,28,29,30). The van der Waals surface area contributed by atoms with E-state index >= 15 is 0 Å². The molecule has 34 heavy (non-hydrogen) atoms. The van der Waals surface area contributed by atoms with E-state index in [-0.39, 0.29) is 11.7 Å². The first-order chi connectivity index (χ1) is 16.5. The zero-order valence-corrected chi connectivity index (χ0v) is 18.7. The third-order valence-electron chi connectivity index (χ3n) is 5.77. The van der Waals surface area contributed by atoms with Crippen molar-refractivity contribution in [3.05, 3.63) is 101 Å². The second-order valence-corrected chi connectivity index (χ2v) is 8.04. The van der Waals surface area contributed by atoms with Gasteiger partial charge in [0, 0.05) is 41.2 Å². The van der Waals surface area contributed by atoms with E-state index in [1.165, 1.54) is 6.33 Å². The van der Waals surface area contributed by atoms with Crippen LogP contribution in [0, 0.1) is 13.8 Å². The number of benzene rings is 2. The summed E-state index contributed by atoms with van der Waals surface area (Å²) in [6.45, 7) is 3.83. The van der Waals surface area contributed by atoms with Gasteiger partial charge in [0.15, 0.2) is 11.6 Å². The van der Waals surface area contributed by atoms with Gasteiger partial charge in [-0.25, -0.2) is 14.5 Å². The van der Waals surface area contributed by atoms with Crippen molar-refractivity contribution < 1.29 is 9.59 Å². The van der Waals surface area contributed by atoms with Crippen molar-refractivity contribution in [2.24, 2.45) is 4.99 Å². The largest absolute Gasteiger partial charge is 0.338 e. The molecule has 1 amide bonds. The average Bonchev–Trinajstić information content (AvgIpc) is 3.48. The Balaban J connectivity index is 1.48. The van der Waals surface area contributed by atoms with Crippen molar-refractivity contribution in [2.45, 2.75) is 20.3 Å². The minimum atomic E-state index is -0.229. The third-order valence-corrected chi connectivity index (χ3v) is 5.77. The van der Waals surface area contributed by atoms with Crippen LogP contribution in [0.15, 0.2) is 78.3 Å². The topological polar surface area (TPSA) is 101 Å². The van der Waals surface area contributed by atoms with Gasteiger partial charge in [-0.15, -0.1) is 0 Å². The molecule has 5 rings (SSSR count). The van der Waals surface area contributed by atoms with Gasteiger partial charge in [0.25, 0.3) is 5.91 Å². The Morgan fingerprint density at radius 1 is 1.03 bits per heavy atom. The number of hydrogen-bond donors (Lipinski definition) is 2. The second kappa shape index (κ2) is 8.74. The number of nitrogens with zero attached hydrogens (tertiary/aromatic N) is 4. The van der Waals surface area contributed by atoms with Gasteiger partial charge in [-0.3, -0.25) is 9.59 Å². The van der Waals surface area contributed by atoms with E-state index < -0.39 is 0 Å². The number of fused-ring (bicyclic) bond motifs is 1. The molecule has 1 aliphatic rings. The fourth-order valence-electron chi connectivity index (χ4n) is 3.90. The van der Waals surface area contributed by atoms with Crippen molar-refractivity contribution in [1.29, 1.82) is 0 Å². The Labute approximate surface area is 196 Å². The highest BCUT2D eigenvalue weighted by atomic mass is 16.1. The van der Waals surface area contributed by atoms with E-state index in [0.29, 0.717) is 40.3 Å². The molecule has 0 saturated carbocycles. The third kappa shape index (κ3) is 3.97. The molecule has 2 N–H and O–H groups in total. The minimum Gasteiger partial charge on any atom is -0.338 e. The van der Waals surface area contributed by atoms with Crippen LogP contribution in [-0.4, -0.2) is 32.1 Å². The Morgan fingerprint density at radius 2 is 1.85 bits per heavy atom. The first-order valence-electron chi connectivity index (χ1n) is 10.8. The molecule has 2 aromatic carbocycles. The van der Waals surface area contributed by atoms with Crippen LogP contribution in [-0.2, 0) is 0 Å². The highest BCUT2D eigenvalue weighted by molar-refractivity contribution is 6.11. The van der Waals surface area contributed by atoms with Crippen LogP contribution in [0.5, 0.6) is 0 Å². The average molecular weight is 451 g/mol. The van der Waals surface area contributed by atoms with Crippen molar-refractivity contribution in [3.8, 4) is 0 Å². The number of rotatable bonds is 5. The van der Waals surface area contributed by atoms with E-state index in [4.69, 9.17) is 0 Å². The quantitative estimate of drug-likeness (QED) is 0.440. The smallest absolute Gasteiger partial charge is 0.256 e. The van der Waals surface area contributed by atoms with Crippen LogP contribution in [0.25, 0.3) is 5.52 Å². The maximum absolute atomic E-state index is 13.1. The van der Waals surface area contributed by atoms with E-state index in [1.807, 2.05) is 44.2 Å². The van der Waals surface area contributed by atoms with Crippen LogP contribution < -0.4 is 10.6 Å². The molecule has 0 unspecified atom stereocenters. The molecule has 168 valence electrons. The molecule has 8 heteroatoms. The maximum atomic E-state index is 13.1. The number of amidine groups is 1. The SMILES string of the molecule is Cc1ccc(C(=O)NC2=NC=CC2)cc1Nc1ncnn2cc(C(=O)c3ccccc3)c(C)c12. The predicted molar refractivity (Wildman–Crippen MR) is 131 cm³/mol. The Kier molecular flexibility index (Phi) is 5.47. The zero-order valence-electron chi connectivity index (χ0n) is 18.7. The summed E-state index contributed by atoms with van der Waals surface area (Å²) in [7, 11) is 0. The van der Waals surface area contributed by atoms with Gasteiger partial charge in [-0.05, 0) is 37.1 Å². The number of carbonyl (C=O) groups is 2. The van der Waals surface area contributed by atoms with Crippen molar-refractivity contribution in [3.63, 3.8) is 0 Å². The summed E-state index contributed by atoms with van der Waals surface area (Å²) in [5, 5.41) is 10.5. The molecule has 0 fully saturated rings. The van der Waals surface area contributed by atoms with Gasteiger partial charge in [0.2, 0.25) is 0 Å². The van der Waals surface area contributed by atoms with Crippen LogP contribution in [0.4, 0.5) is 11.5 Å². The van der Waals surface area contributed by atoms with Gasteiger partial charge in [-0.2, -0.15) is 5.10 Å². The van der Waals surface area contributed by atoms with Crippen molar-refractivity contribution in [1.82, 2.24) is 19.9 Å². The number of hydrogen-bond acceptors (Lipinski definition) is 6. The first kappa shape index (κ1) is 21.3. The molecule has 8 nitrogen and oxygen atoms in total. The van der Waals surface area contributed by atoms with Crippen LogP contribution >= 0.6 is 0 Å². The number of carbonyl (C=O) groups excluding carboxylic acids is 2. The van der Waals surface area contributed by atoms with Crippen molar-refractivity contribution >= 4 is 34.5 Å². The lowest BCUT2D eigenvalue weighted by Crippen LogP contribution is -2.29. The number of aliphatic imine (C=N–C) groups is 1. The highest BCUT2D eigenvalue weighted by Gasteiger charge is 2.20. The molecular formula is C26H22N6O2. The van der Waals surface area contributed by atoms with Crippen LogP contribution in [0.3, 0.4) is 0 Å². The Bertz CT molecular complexity index is 1480. The molecule has 0 saturated heterocycles. The fraction of sp³-hybridized carbons (Fsp3) is 0.115. The van der Waals surface area contributed by atoms with E-state index in [0.717, 1.165) is 16.8 Å². The van der Waals surface area contributed by atoms with E-state index in [9.17, 15) is 9.59 Å². The highest BCUT2D eigenvalue weighted by Crippen LogP contribution is 2.28. The summed E-state index contributed by atoms with van der Waals surface area (Å²) in [4.78, 5) is 34.3. The van der Waals surface area contributed by atoms with Crippen LogP contribution in [0.2, 0.25) is 0 Å². The lowest BCUT2D eigenvalue weighted by molar-refractivity contribution is 0.0975. The Morgan fingerprint density at radius 3 is 2.62 bits per heavy atom. The van der Waals surface area contributed by atoms with E-state index in [1.54, 1.807) is 41.2 Å². The number of ketones is 1. The number of aromatic nitrogens is 3. The predicted octanol–water partition coefficient (Wildman–Crippen LogP) is 4.37. The normalized spacial score (nSPS) is 12.6. The molecule has 1 aliphatic heterocycles. The summed E-state index contributed by atoms with van der Waals surface area (Å²) < 4.78 is 1.65. The maximum Gasteiger partial charge on any atom is 0.256 e. The summed E-state index contributed by atoms with van der Waals surface area (Å²) >= 11 is 0. The number of aryl methyl sites for hydroxylation is 2. The molecule has 0 atom stereocenters. The molecule has 0 aliphatic carbocycles. The van der Waals surface area contributed by atoms with Gasteiger partial charge < -0.3 is 10.6 Å². The molecule has 0 spiro atoms. The van der Waals surface area contributed by atoms with Crippen molar-refractivity contribution in [2.75, 3.05) is 5.32 Å². The van der Waals surface area contributed by atoms with E-state index in [2.05, 4.69) is 25.7 Å². The number of amides is 1. The summed E-state index contributed by atoms with van der Waals surface area (Å²) in [5.41, 5.74) is 4.82. The van der Waals surface area contributed by atoms with Gasteiger partial charge >= 0.3 is 0 Å². The summed E-state index contributed by atoms with van der Waals surface area (Å²) in [6.07, 6.45) is 7.32. The van der Waals surface area contributed by atoms with Gasteiger partial charge in [0.1, 0.15) is 17.7 Å². The molecule has 0 radical (unpaired) electrons. The summed E-state index contributed by atoms with van der Waals surface area (Å²) in [5.74, 6) is 0.864.